The minimum atomic E-state index is -3.45. The molecule has 30 heavy (non-hydrogen) atoms. The van der Waals surface area contributed by atoms with Gasteiger partial charge in [0, 0.05) is 49.4 Å². The quantitative estimate of drug-likeness (QED) is 0.630. The van der Waals surface area contributed by atoms with Crippen LogP contribution in [0.25, 0.3) is 10.9 Å². The SMILES string of the molecule is O=C(CCn1ccc2cc(S(=O)(=O)N3CCCCC3)ccc21)NCc1ccccn1. The number of sulfonamides is 1. The molecule has 7 nitrogen and oxygen atoms in total. The highest BCUT2D eigenvalue weighted by Gasteiger charge is 2.26. The summed E-state index contributed by atoms with van der Waals surface area (Å²) in [6, 6.07) is 12.7. The van der Waals surface area contributed by atoms with Crippen molar-refractivity contribution in [2.24, 2.45) is 0 Å². The molecule has 0 aliphatic carbocycles. The number of benzene rings is 1. The van der Waals surface area contributed by atoms with Crippen LogP contribution in [0.4, 0.5) is 0 Å². The van der Waals surface area contributed by atoms with Crippen molar-refractivity contribution in [2.45, 2.75) is 43.7 Å². The summed E-state index contributed by atoms with van der Waals surface area (Å²) < 4.78 is 29.4. The number of carbonyl (C=O) groups excluding carboxylic acids is 1. The number of aryl methyl sites for hydroxylation is 1. The number of pyridine rings is 1. The van der Waals surface area contributed by atoms with Gasteiger partial charge in [0.25, 0.3) is 0 Å². The number of piperidine rings is 1. The molecule has 3 aromatic rings. The Morgan fingerprint density at radius 3 is 2.67 bits per heavy atom. The molecule has 2 aromatic heterocycles. The number of nitrogens with one attached hydrogen (secondary N) is 1. The monoisotopic (exact) mass is 426 g/mol. The Hall–Kier alpha value is -2.71. The van der Waals surface area contributed by atoms with E-state index in [9.17, 15) is 13.2 Å². The third-order valence-electron chi connectivity index (χ3n) is 5.47. The Kier molecular flexibility index (Phi) is 6.15. The van der Waals surface area contributed by atoms with Crippen LogP contribution in [-0.2, 0) is 27.9 Å². The largest absolute Gasteiger partial charge is 0.350 e. The Morgan fingerprint density at radius 1 is 1.07 bits per heavy atom. The second kappa shape index (κ2) is 8.97. The molecule has 0 saturated carbocycles. The van der Waals surface area contributed by atoms with Gasteiger partial charge in [-0.25, -0.2) is 8.42 Å². The van der Waals surface area contributed by atoms with Crippen molar-refractivity contribution in [1.82, 2.24) is 19.2 Å². The molecule has 0 spiro atoms. The fraction of sp³-hybridized carbons (Fsp3) is 0.364. The van der Waals surface area contributed by atoms with E-state index in [0.717, 1.165) is 35.9 Å². The first-order valence-corrected chi connectivity index (χ1v) is 11.7. The van der Waals surface area contributed by atoms with Crippen molar-refractivity contribution in [3.8, 4) is 0 Å². The minimum Gasteiger partial charge on any atom is -0.350 e. The zero-order valence-corrected chi connectivity index (χ0v) is 17.6. The molecule has 158 valence electrons. The Bertz CT molecular complexity index is 1120. The lowest BCUT2D eigenvalue weighted by Crippen LogP contribution is -2.35. The molecule has 1 amide bonds. The van der Waals surface area contributed by atoms with Crippen LogP contribution in [0.15, 0.2) is 59.8 Å². The summed E-state index contributed by atoms with van der Waals surface area (Å²) in [7, 11) is -3.45. The summed E-state index contributed by atoms with van der Waals surface area (Å²) in [4.78, 5) is 16.7. The van der Waals surface area contributed by atoms with Crippen LogP contribution >= 0.6 is 0 Å². The number of carbonyl (C=O) groups is 1. The molecule has 1 fully saturated rings. The molecule has 0 radical (unpaired) electrons. The van der Waals surface area contributed by atoms with Gasteiger partial charge >= 0.3 is 0 Å². The lowest BCUT2D eigenvalue weighted by molar-refractivity contribution is -0.121. The number of aromatic nitrogens is 2. The van der Waals surface area contributed by atoms with E-state index < -0.39 is 10.0 Å². The molecule has 1 saturated heterocycles. The summed E-state index contributed by atoms with van der Waals surface area (Å²) in [5.74, 6) is -0.0493. The maximum Gasteiger partial charge on any atom is 0.243 e. The second-order valence-electron chi connectivity index (χ2n) is 7.54. The van der Waals surface area contributed by atoms with Crippen LogP contribution in [0.2, 0.25) is 0 Å². The van der Waals surface area contributed by atoms with E-state index in [1.54, 1.807) is 22.6 Å². The third kappa shape index (κ3) is 4.55. The Morgan fingerprint density at radius 2 is 1.90 bits per heavy atom. The molecule has 1 aliphatic heterocycles. The number of fused-ring (bicyclic) bond motifs is 1. The summed E-state index contributed by atoms with van der Waals surface area (Å²) in [6.45, 7) is 2.11. The highest BCUT2D eigenvalue weighted by Crippen LogP contribution is 2.25. The van der Waals surface area contributed by atoms with Gasteiger partial charge in [-0.1, -0.05) is 12.5 Å². The summed E-state index contributed by atoms with van der Waals surface area (Å²) in [5, 5.41) is 3.74. The van der Waals surface area contributed by atoms with Crippen LogP contribution in [0.5, 0.6) is 0 Å². The molecule has 0 atom stereocenters. The second-order valence-corrected chi connectivity index (χ2v) is 9.48. The Labute approximate surface area is 176 Å². The van der Waals surface area contributed by atoms with E-state index in [-0.39, 0.29) is 5.91 Å². The molecule has 3 heterocycles. The van der Waals surface area contributed by atoms with Crippen molar-refractivity contribution < 1.29 is 13.2 Å². The number of amides is 1. The van der Waals surface area contributed by atoms with E-state index >= 15 is 0 Å². The van der Waals surface area contributed by atoms with E-state index in [1.165, 1.54) is 0 Å². The molecule has 4 rings (SSSR count). The first-order valence-electron chi connectivity index (χ1n) is 10.3. The van der Waals surface area contributed by atoms with Gasteiger partial charge in [-0.15, -0.1) is 0 Å². The number of hydrogen-bond donors (Lipinski definition) is 1. The van der Waals surface area contributed by atoms with Crippen molar-refractivity contribution in [2.75, 3.05) is 13.1 Å². The number of nitrogens with zero attached hydrogens (tertiary/aromatic N) is 3. The van der Waals surface area contributed by atoms with Gasteiger partial charge in [0.15, 0.2) is 0 Å². The van der Waals surface area contributed by atoms with Crippen LogP contribution < -0.4 is 5.32 Å². The first-order chi connectivity index (χ1) is 14.5. The van der Waals surface area contributed by atoms with Crippen LogP contribution in [-0.4, -0.2) is 41.3 Å². The summed E-state index contributed by atoms with van der Waals surface area (Å²) in [6.07, 6.45) is 6.86. The van der Waals surface area contributed by atoms with Gasteiger partial charge in [-0.3, -0.25) is 9.78 Å². The number of hydrogen-bond acceptors (Lipinski definition) is 4. The topological polar surface area (TPSA) is 84.3 Å². The van der Waals surface area contributed by atoms with Gasteiger partial charge in [-0.2, -0.15) is 4.31 Å². The number of rotatable bonds is 7. The smallest absolute Gasteiger partial charge is 0.243 e. The van der Waals surface area contributed by atoms with Gasteiger partial charge in [0.2, 0.25) is 15.9 Å². The zero-order valence-electron chi connectivity index (χ0n) is 16.8. The lowest BCUT2D eigenvalue weighted by atomic mass is 10.2. The predicted molar refractivity (Wildman–Crippen MR) is 115 cm³/mol. The van der Waals surface area contributed by atoms with E-state index in [2.05, 4.69) is 10.3 Å². The average Bonchev–Trinajstić information content (AvgIpc) is 3.20. The molecular formula is C22H26N4O3S. The standard InChI is InChI=1S/C22H26N4O3S/c27-22(24-17-19-6-2-3-11-23-19)10-15-25-14-9-18-16-20(7-8-21(18)25)30(28,29)26-12-4-1-5-13-26/h2-3,6-9,11,14,16H,1,4-5,10,12-13,15,17H2,(H,24,27). The van der Waals surface area contributed by atoms with E-state index in [0.29, 0.717) is 37.5 Å². The summed E-state index contributed by atoms with van der Waals surface area (Å²) >= 11 is 0. The molecule has 1 aliphatic rings. The third-order valence-corrected chi connectivity index (χ3v) is 7.36. The van der Waals surface area contributed by atoms with Crippen molar-refractivity contribution in [1.29, 1.82) is 0 Å². The van der Waals surface area contributed by atoms with Crippen LogP contribution in [0.1, 0.15) is 31.4 Å². The van der Waals surface area contributed by atoms with Gasteiger partial charge in [0.05, 0.1) is 17.1 Å². The lowest BCUT2D eigenvalue weighted by Gasteiger charge is -2.25. The maximum absolute atomic E-state index is 12.9. The Balaban J connectivity index is 1.40. The minimum absolute atomic E-state index is 0.0493. The normalized spacial score (nSPS) is 15.3. The molecule has 8 heteroatoms. The zero-order chi connectivity index (χ0) is 21.0. The average molecular weight is 427 g/mol. The van der Waals surface area contributed by atoms with Gasteiger partial charge in [-0.05, 0) is 49.2 Å². The summed E-state index contributed by atoms with van der Waals surface area (Å²) in [5.41, 5.74) is 1.74. The van der Waals surface area contributed by atoms with E-state index in [1.807, 2.05) is 41.1 Å². The molecule has 0 bridgehead atoms. The van der Waals surface area contributed by atoms with Crippen LogP contribution in [0.3, 0.4) is 0 Å². The fourth-order valence-electron chi connectivity index (χ4n) is 3.79. The van der Waals surface area contributed by atoms with Gasteiger partial charge < -0.3 is 9.88 Å². The molecule has 1 N–H and O–H groups in total. The van der Waals surface area contributed by atoms with Crippen molar-refractivity contribution in [3.05, 3.63) is 60.6 Å². The van der Waals surface area contributed by atoms with Gasteiger partial charge in [0.1, 0.15) is 0 Å². The highest BCUT2D eigenvalue weighted by molar-refractivity contribution is 7.89. The molecule has 0 unspecified atom stereocenters. The molecule has 1 aromatic carbocycles. The maximum atomic E-state index is 12.9. The van der Waals surface area contributed by atoms with Crippen molar-refractivity contribution >= 4 is 26.8 Å². The highest BCUT2D eigenvalue weighted by atomic mass is 32.2. The molecular weight excluding hydrogens is 400 g/mol. The predicted octanol–water partition coefficient (Wildman–Crippen LogP) is 2.92. The van der Waals surface area contributed by atoms with Crippen molar-refractivity contribution in [3.63, 3.8) is 0 Å². The van der Waals surface area contributed by atoms with E-state index in [4.69, 9.17) is 0 Å². The fourth-order valence-corrected chi connectivity index (χ4v) is 5.34. The first kappa shape index (κ1) is 20.6. The van der Waals surface area contributed by atoms with Crippen LogP contribution in [0, 0.1) is 0 Å².